The van der Waals surface area contributed by atoms with Crippen LogP contribution in [0.15, 0.2) is 24.3 Å². The fraction of sp³-hybridized carbons (Fsp3) is 0.667. The van der Waals surface area contributed by atoms with Crippen LogP contribution in [-0.4, -0.2) is 43.6 Å². The van der Waals surface area contributed by atoms with E-state index < -0.39 is 0 Å². The molecule has 0 atom stereocenters. The first-order chi connectivity index (χ1) is 10.8. The first-order valence-electron chi connectivity index (χ1n) is 8.65. The molecular formula is C18H26BNO3. The largest absolute Gasteiger partial charge is 0.494 e. The van der Waals surface area contributed by atoms with Gasteiger partial charge in [-0.05, 0) is 58.1 Å². The molecule has 1 aliphatic carbocycles. The average molecular weight is 315 g/mol. The fourth-order valence-electron chi connectivity index (χ4n) is 3.33. The van der Waals surface area contributed by atoms with Crippen LogP contribution >= 0.6 is 0 Å². The van der Waals surface area contributed by atoms with Gasteiger partial charge in [-0.3, -0.25) is 0 Å². The predicted molar refractivity (Wildman–Crippen MR) is 92.3 cm³/mol. The number of rotatable bonds is 2. The molecule has 4 rings (SSSR count). The Kier molecular flexibility index (Phi) is 3.35. The van der Waals surface area contributed by atoms with Crippen LogP contribution in [0.5, 0.6) is 0 Å². The minimum Gasteiger partial charge on any atom is -0.399 e. The van der Waals surface area contributed by atoms with Gasteiger partial charge in [0, 0.05) is 18.8 Å². The third kappa shape index (κ3) is 2.69. The molecule has 0 radical (unpaired) electrons. The van der Waals surface area contributed by atoms with Gasteiger partial charge < -0.3 is 18.9 Å². The van der Waals surface area contributed by atoms with Gasteiger partial charge in [0.25, 0.3) is 0 Å². The predicted octanol–water partition coefficient (Wildman–Crippen LogP) is 2.36. The molecule has 3 fully saturated rings. The zero-order chi connectivity index (χ0) is 16.3. The second kappa shape index (κ2) is 4.98. The summed E-state index contributed by atoms with van der Waals surface area (Å²) in [7, 11) is -0.284. The third-order valence-corrected chi connectivity index (χ3v) is 5.84. The van der Waals surface area contributed by atoms with Gasteiger partial charge in [0.15, 0.2) is 0 Å². The molecule has 124 valence electrons. The molecule has 0 bridgehead atoms. The molecule has 1 aromatic carbocycles. The monoisotopic (exact) mass is 315 g/mol. The second-order valence-electron chi connectivity index (χ2n) is 8.13. The number of morpholine rings is 1. The van der Waals surface area contributed by atoms with Gasteiger partial charge in [0.1, 0.15) is 0 Å². The van der Waals surface area contributed by atoms with Crippen LogP contribution in [0, 0.1) is 0 Å². The lowest BCUT2D eigenvalue weighted by Crippen LogP contribution is -2.44. The zero-order valence-electron chi connectivity index (χ0n) is 14.6. The molecule has 0 aromatic heterocycles. The van der Waals surface area contributed by atoms with E-state index in [0.717, 1.165) is 25.2 Å². The molecule has 5 heteroatoms. The molecule has 0 amide bonds. The zero-order valence-corrected chi connectivity index (χ0v) is 14.6. The molecule has 0 unspecified atom stereocenters. The third-order valence-electron chi connectivity index (χ3n) is 5.84. The molecule has 1 aromatic rings. The van der Waals surface area contributed by atoms with Crippen molar-refractivity contribution in [3.63, 3.8) is 0 Å². The van der Waals surface area contributed by atoms with Crippen LogP contribution in [0.4, 0.5) is 5.69 Å². The molecule has 0 N–H and O–H groups in total. The van der Waals surface area contributed by atoms with Crippen molar-refractivity contribution in [3.05, 3.63) is 24.3 Å². The van der Waals surface area contributed by atoms with E-state index in [1.54, 1.807) is 0 Å². The molecule has 1 saturated carbocycles. The number of hydrogen-bond donors (Lipinski definition) is 0. The Hall–Kier alpha value is -1.04. The van der Waals surface area contributed by atoms with Crippen molar-refractivity contribution in [1.82, 2.24) is 0 Å². The Morgan fingerprint density at radius 2 is 1.57 bits per heavy atom. The minimum absolute atomic E-state index is 0.155. The van der Waals surface area contributed by atoms with Crippen LogP contribution < -0.4 is 10.4 Å². The van der Waals surface area contributed by atoms with E-state index in [1.165, 1.54) is 18.5 Å². The highest BCUT2D eigenvalue weighted by atomic mass is 16.7. The van der Waals surface area contributed by atoms with Crippen molar-refractivity contribution in [1.29, 1.82) is 0 Å². The van der Waals surface area contributed by atoms with E-state index in [-0.39, 0.29) is 23.9 Å². The maximum Gasteiger partial charge on any atom is 0.494 e. The average Bonchev–Trinajstić information content (AvgIpc) is 3.19. The SMILES string of the molecule is CC1(C)OB(c2ccc(N3CCOC4(CC4)C3)cc2)OC1(C)C. The molecule has 2 aliphatic heterocycles. The summed E-state index contributed by atoms with van der Waals surface area (Å²) in [6.45, 7) is 11.2. The van der Waals surface area contributed by atoms with Crippen LogP contribution in [0.2, 0.25) is 0 Å². The van der Waals surface area contributed by atoms with Gasteiger partial charge in [-0.1, -0.05) is 12.1 Å². The van der Waals surface area contributed by atoms with Crippen LogP contribution in [0.25, 0.3) is 0 Å². The van der Waals surface area contributed by atoms with E-state index in [2.05, 4.69) is 56.9 Å². The second-order valence-corrected chi connectivity index (χ2v) is 8.13. The Morgan fingerprint density at radius 1 is 0.957 bits per heavy atom. The molecule has 4 nitrogen and oxygen atoms in total. The van der Waals surface area contributed by atoms with Crippen LogP contribution in [0.3, 0.4) is 0 Å². The van der Waals surface area contributed by atoms with Crippen LogP contribution in [0.1, 0.15) is 40.5 Å². The first-order valence-corrected chi connectivity index (χ1v) is 8.65. The van der Waals surface area contributed by atoms with Gasteiger partial charge in [-0.2, -0.15) is 0 Å². The van der Waals surface area contributed by atoms with Crippen LogP contribution in [-0.2, 0) is 14.0 Å². The van der Waals surface area contributed by atoms with Gasteiger partial charge in [-0.25, -0.2) is 0 Å². The summed E-state index contributed by atoms with van der Waals surface area (Å²) in [5.74, 6) is 0. The summed E-state index contributed by atoms with van der Waals surface area (Å²) >= 11 is 0. The normalized spacial score (nSPS) is 27.5. The van der Waals surface area contributed by atoms with Gasteiger partial charge >= 0.3 is 7.12 Å². The van der Waals surface area contributed by atoms with E-state index in [0.29, 0.717) is 0 Å². The van der Waals surface area contributed by atoms with Gasteiger partial charge in [-0.15, -0.1) is 0 Å². The lowest BCUT2D eigenvalue weighted by atomic mass is 9.79. The van der Waals surface area contributed by atoms with Gasteiger partial charge in [0.2, 0.25) is 0 Å². The Balaban J connectivity index is 1.48. The van der Waals surface area contributed by atoms with E-state index in [1.807, 2.05) is 0 Å². The maximum atomic E-state index is 6.12. The number of ether oxygens (including phenoxy) is 1. The molecule has 2 heterocycles. The highest BCUT2D eigenvalue weighted by Crippen LogP contribution is 2.43. The first kappa shape index (κ1) is 15.5. The standard InChI is InChI=1S/C18H26BNO3/c1-16(2)17(3,4)23-19(22-16)14-5-7-15(8-6-14)20-11-12-21-18(13-20)9-10-18/h5-8H,9-13H2,1-4H3. The number of anilines is 1. The Bertz CT molecular complexity index is 579. The van der Waals surface area contributed by atoms with Crippen molar-refractivity contribution in [2.75, 3.05) is 24.6 Å². The molecule has 23 heavy (non-hydrogen) atoms. The molecular weight excluding hydrogens is 289 g/mol. The summed E-state index contributed by atoms with van der Waals surface area (Å²) in [6.07, 6.45) is 2.41. The lowest BCUT2D eigenvalue weighted by molar-refractivity contribution is 0.00578. The summed E-state index contributed by atoms with van der Waals surface area (Å²) < 4.78 is 18.1. The summed E-state index contributed by atoms with van der Waals surface area (Å²) in [5, 5.41) is 0. The highest BCUT2D eigenvalue weighted by molar-refractivity contribution is 6.62. The Labute approximate surface area is 139 Å². The topological polar surface area (TPSA) is 30.9 Å². The minimum atomic E-state index is -0.293. The van der Waals surface area contributed by atoms with Gasteiger partial charge in [0.05, 0.1) is 23.4 Å². The van der Waals surface area contributed by atoms with Crippen molar-refractivity contribution in [2.45, 2.75) is 57.3 Å². The van der Waals surface area contributed by atoms with Crippen molar-refractivity contribution < 1.29 is 14.0 Å². The summed E-state index contributed by atoms with van der Waals surface area (Å²) in [5.41, 5.74) is 1.92. The lowest BCUT2D eigenvalue weighted by Gasteiger charge is -2.35. The molecule has 3 aliphatic rings. The van der Waals surface area contributed by atoms with E-state index in [4.69, 9.17) is 14.0 Å². The van der Waals surface area contributed by atoms with E-state index >= 15 is 0 Å². The highest BCUT2D eigenvalue weighted by Gasteiger charge is 2.51. The quantitative estimate of drug-likeness (QED) is 0.784. The summed E-state index contributed by atoms with van der Waals surface area (Å²) in [4.78, 5) is 2.44. The maximum absolute atomic E-state index is 6.12. The van der Waals surface area contributed by atoms with Crippen molar-refractivity contribution in [2.24, 2.45) is 0 Å². The number of hydrogen-bond acceptors (Lipinski definition) is 4. The van der Waals surface area contributed by atoms with Crippen molar-refractivity contribution in [3.8, 4) is 0 Å². The molecule has 2 saturated heterocycles. The summed E-state index contributed by atoms with van der Waals surface area (Å²) in [6, 6.07) is 8.63. The number of nitrogens with zero attached hydrogens (tertiary/aromatic N) is 1. The van der Waals surface area contributed by atoms with Crippen molar-refractivity contribution >= 4 is 18.3 Å². The fourth-order valence-corrected chi connectivity index (χ4v) is 3.33. The van der Waals surface area contributed by atoms with E-state index in [9.17, 15) is 0 Å². The smallest absolute Gasteiger partial charge is 0.399 e. The number of benzene rings is 1. The Morgan fingerprint density at radius 3 is 2.13 bits per heavy atom. The molecule has 1 spiro atoms.